The molecule has 0 spiro atoms. The topological polar surface area (TPSA) is 58.6 Å². The van der Waals surface area contributed by atoms with E-state index >= 15 is 0 Å². The summed E-state index contributed by atoms with van der Waals surface area (Å²) in [5.41, 5.74) is 4.74. The van der Waals surface area contributed by atoms with Crippen molar-refractivity contribution in [2.24, 2.45) is 4.99 Å². The third-order valence-electron chi connectivity index (χ3n) is 4.36. The number of fused-ring (bicyclic) bond motifs is 1. The molecule has 0 saturated carbocycles. The summed E-state index contributed by atoms with van der Waals surface area (Å²) in [6.07, 6.45) is 2.47. The number of aryl methyl sites for hydroxylation is 1. The number of rotatable bonds is 4. The predicted octanol–water partition coefficient (Wildman–Crippen LogP) is 6.82. The number of halogens is 2. The van der Waals surface area contributed by atoms with Crippen molar-refractivity contribution in [1.29, 1.82) is 0 Å². The van der Waals surface area contributed by atoms with Gasteiger partial charge in [-0.1, -0.05) is 42.3 Å². The second-order valence-electron chi connectivity index (χ2n) is 6.31. The van der Waals surface area contributed by atoms with Crippen molar-refractivity contribution in [3.05, 3.63) is 75.8 Å². The molecule has 0 radical (unpaired) electrons. The van der Waals surface area contributed by atoms with Gasteiger partial charge in [-0.3, -0.25) is 4.99 Å². The molecule has 0 unspecified atom stereocenters. The van der Waals surface area contributed by atoms with Gasteiger partial charge in [0.2, 0.25) is 5.89 Å². The summed E-state index contributed by atoms with van der Waals surface area (Å²) in [7, 11) is 0. The van der Waals surface area contributed by atoms with Crippen molar-refractivity contribution in [3.63, 3.8) is 0 Å². The maximum absolute atomic E-state index is 10.0. The number of phenolic OH excluding ortho intramolecular Hbond substituents is 1. The summed E-state index contributed by atoms with van der Waals surface area (Å²) in [6, 6.07) is 16.6. The molecule has 1 heterocycles. The van der Waals surface area contributed by atoms with Gasteiger partial charge in [-0.25, -0.2) is 4.98 Å². The summed E-state index contributed by atoms with van der Waals surface area (Å²) in [6.45, 7) is 2.11. The Labute approximate surface area is 172 Å². The van der Waals surface area contributed by atoms with Crippen molar-refractivity contribution in [2.75, 3.05) is 0 Å². The SMILES string of the molecule is CCc1ccc2oc(-c3cccc(N=Cc4cc(Cl)cc(Cl)c4O)c3)nc2c1. The molecule has 0 saturated heterocycles. The molecule has 4 nitrogen and oxygen atoms in total. The van der Waals surface area contributed by atoms with E-state index in [1.165, 1.54) is 17.8 Å². The lowest BCUT2D eigenvalue weighted by Crippen LogP contribution is -1.84. The monoisotopic (exact) mass is 410 g/mol. The summed E-state index contributed by atoms with van der Waals surface area (Å²) in [5.74, 6) is 0.477. The fraction of sp³-hybridized carbons (Fsp3) is 0.0909. The van der Waals surface area contributed by atoms with E-state index < -0.39 is 0 Å². The third kappa shape index (κ3) is 3.75. The molecule has 0 aliphatic heterocycles. The average Bonchev–Trinajstić information content (AvgIpc) is 3.13. The molecule has 0 fully saturated rings. The zero-order chi connectivity index (χ0) is 19.7. The Morgan fingerprint density at radius 1 is 1.11 bits per heavy atom. The fourth-order valence-corrected chi connectivity index (χ4v) is 3.37. The molecule has 4 rings (SSSR count). The second-order valence-corrected chi connectivity index (χ2v) is 7.15. The molecule has 0 aliphatic carbocycles. The Balaban J connectivity index is 1.67. The minimum atomic E-state index is -0.0587. The van der Waals surface area contributed by atoms with Crippen LogP contribution in [0.15, 0.2) is 64.0 Å². The molecule has 0 bridgehead atoms. The first kappa shape index (κ1) is 18.5. The lowest BCUT2D eigenvalue weighted by Gasteiger charge is -2.02. The number of nitrogens with zero attached hydrogens (tertiary/aromatic N) is 2. The highest BCUT2D eigenvalue weighted by molar-refractivity contribution is 6.36. The quantitative estimate of drug-likeness (QED) is 0.375. The molecule has 0 amide bonds. The van der Waals surface area contributed by atoms with Crippen molar-refractivity contribution in [2.45, 2.75) is 13.3 Å². The molecule has 1 aromatic heterocycles. The normalized spacial score (nSPS) is 11.5. The van der Waals surface area contributed by atoms with Crippen LogP contribution in [0.25, 0.3) is 22.6 Å². The van der Waals surface area contributed by atoms with Gasteiger partial charge in [0.15, 0.2) is 5.58 Å². The molecule has 28 heavy (non-hydrogen) atoms. The highest BCUT2D eigenvalue weighted by atomic mass is 35.5. The van der Waals surface area contributed by atoms with Crippen LogP contribution in [0.1, 0.15) is 18.1 Å². The van der Waals surface area contributed by atoms with Crippen molar-refractivity contribution in [1.82, 2.24) is 4.98 Å². The summed E-state index contributed by atoms with van der Waals surface area (Å²) in [4.78, 5) is 9.01. The minimum absolute atomic E-state index is 0.0587. The van der Waals surface area contributed by atoms with Crippen LogP contribution in [-0.4, -0.2) is 16.3 Å². The van der Waals surface area contributed by atoms with E-state index in [-0.39, 0.29) is 10.8 Å². The number of hydrogen-bond donors (Lipinski definition) is 1. The van der Waals surface area contributed by atoms with Gasteiger partial charge in [0, 0.05) is 22.4 Å². The van der Waals surface area contributed by atoms with Gasteiger partial charge in [0.25, 0.3) is 0 Å². The molecular formula is C22H16Cl2N2O2. The Morgan fingerprint density at radius 2 is 1.96 bits per heavy atom. The van der Waals surface area contributed by atoms with Gasteiger partial charge in [-0.2, -0.15) is 0 Å². The van der Waals surface area contributed by atoms with E-state index in [2.05, 4.69) is 16.9 Å². The largest absolute Gasteiger partial charge is 0.506 e. The third-order valence-corrected chi connectivity index (χ3v) is 4.87. The van der Waals surface area contributed by atoms with Gasteiger partial charge in [0.1, 0.15) is 11.3 Å². The summed E-state index contributed by atoms with van der Waals surface area (Å²) >= 11 is 11.9. The standard InChI is InChI=1S/C22H16Cl2N2O2/c1-2-13-6-7-20-19(8-13)26-22(28-20)14-4-3-5-17(10-14)25-12-15-9-16(23)11-18(24)21(15)27/h3-12,27H,2H2,1H3. The zero-order valence-corrected chi connectivity index (χ0v) is 16.5. The number of oxazole rings is 1. The highest BCUT2D eigenvalue weighted by Gasteiger charge is 2.10. The minimum Gasteiger partial charge on any atom is -0.506 e. The van der Waals surface area contributed by atoms with E-state index in [0.29, 0.717) is 22.2 Å². The van der Waals surface area contributed by atoms with Crippen LogP contribution in [-0.2, 0) is 6.42 Å². The average molecular weight is 411 g/mol. The van der Waals surface area contributed by atoms with E-state index in [4.69, 9.17) is 27.6 Å². The van der Waals surface area contributed by atoms with Gasteiger partial charge in [0.05, 0.1) is 10.7 Å². The lowest BCUT2D eigenvalue weighted by molar-refractivity contribution is 0.475. The van der Waals surface area contributed by atoms with Crippen LogP contribution in [0.4, 0.5) is 5.69 Å². The van der Waals surface area contributed by atoms with Gasteiger partial charge >= 0.3 is 0 Å². The fourth-order valence-electron chi connectivity index (χ4n) is 2.86. The highest BCUT2D eigenvalue weighted by Crippen LogP contribution is 2.31. The molecule has 0 atom stereocenters. The smallest absolute Gasteiger partial charge is 0.227 e. The first-order chi connectivity index (χ1) is 13.5. The maximum Gasteiger partial charge on any atom is 0.227 e. The number of phenols is 1. The molecule has 6 heteroatoms. The number of aliphatic imine (C=N–C) groups is 1. The van der Waals surface area contributed by atoms with E-state index in [1.54, 1.807) is 6.07 Å². The van der Waals surface area contributed by atoms with Gasteiger partial charge < -0.3 is 9.52 Å². The van der Waals surface area contributed by atoms with Crippen LogP contribution < -0.4 is 0 Å². The summed E-state index contributed by atoms with van der Waals surface area (Å²) < 4.78 is 5.88. The molecule has 3 aromatic carbocycles. The maximum atomic E-state index is 10.0. The Hall–Kier alpha value is -2.82. The van der Waals surface area contributed by atoms with E-state index in [1.807, 2.05) is 42.5 Å². The molecule has 1 N–H and O–H groups in total. The van der Waals surface area contributed by atoms with Gasteiger partial charge in [-0.15, -0.1) is 0 Å². The van der Waals surface area contributed by atoms with Gasteiger partial charge in [-0.05, 0) is 54.4 Å². The van der Waals surface area contributed by atoms with Crippen molar-refractivity contribution in [3.8, 4) is 17.2 Å². The van der Waals surface area contributed by atoms with E-state index in [0.717, 1.165) is 23.1 Å². The Morgan fingerprint density at radius 3 is 2.79 bits per heavy atom. The molecule has 4 aromatic rings. The summed E-state index contributed by atoms with van der Waals surface area (Å²) in [5, 5.41) is 10.7. The number of hydrogen-bond acceptors (Lipinski definition) is 4. The van der Waals surface area contributed by atoms with Crippen LogP contribution in [0, 0.1) is 0 Å². The van der Waals surface area contributed by atoms with Crippen LogP contribution >= 0.6 is 23.2 Å². The lowest BCUT2D eigenvalue weighted by atomic mass is 10.1. The predicted molar refractivity (Wildman–Crippen MR) is 114 cm³/mol. The van der Waals surface area contributed by atoms with Crippen LogP contribution in [0.5, 0.6) is 5.75 Å². The first-order valence-corrected chi connectivity index (χ1v) is 9.51. The number of aromatic nitrogens is 1. The van der Waals surface area contributed by atoms with Crippen molar-refractivity contribution >= 4 is 46.2 Å². The molecule has 0 aliphatic rings. The van der Waals surface area contributed by atoms with Crippen LogP contribution in [0.3, 0.4) is 0 Å². The molecule has 140 valence electrons. The first-order valence-electron chi connectivity index (χ1n) is 8.75. The number of aromatic hydroxyl groups is 1. The van der Waals surface area contributed by atoms with Crippen LogP contribution in [0.2, 0.25) is 10.0 Å². The Bertz CT molecular complexity index is 1200. The van der Waals surface area contributed by atoms with Crippen molar-refractivity contribution < 1.29 is 9.52 Å². The zero-order valence-electron chi connectivity index (χ0n) is 15.0. The second kappa shape index (κ2) is 7.66. The number of benzene rings is 3. The van der Waals surface area contributed by atoms with E-state index in [9.17, 15) is 5.11 Å². The Kier molecular flexibility index (Phi) is 5.07. The molecular weight excluding hydrogens is 395 g/mol.